The van der Waals surface area contributed by atoms with E-state index in [1.807, 2.05) is 36.4 Å². The predicted molar refractivity (Wildman–Crippen MR) is 109 cm³/mol. The number of rotatable bonds is 4. The standard InChI is InChI=1S/C23H21O3P/c1-18-23(19-10-4-2-5-11-19)26-27(18,21-14-8-16-24-21,22-15-9-17-25-22)20-12-6-3-7-13-20/h2-18,23H,1H3/t18-,23?/m1/s1. The van der Waals surface area contributed by atoms with Gasteiger partial charge in [0.2, 0.25) is 0 Å². The van der Waals surface area contributed by atoms with Crippen molar-refractivity contribution in [3.63, 3.8) is 0 Å². The average Bonchev–Trinajstić information content (AvgIpc) is 3.45. The van der Waals surface area contributed by atoms with Crippen LogP contribution in [0.3, 0.4) is 0 Å². The maximum absolute atomic E-state index is 7.03. The van der Waals surface area contributed by atoms with Gasteiger partial charge in [0.1, 0.15) is 0 Å². The van der Waals surface area contributed by atoms with Gasteiger partial charge in [0, 0.05) is 0 Å². The van der Waals surface area contributed by atoms with Crippen LogP contribution in [-0.2, 0) is 4.52 Å². The van der Waals surface area contributed by atoms with E-state index in [2.05, 4.69) is 55.5 Å². The maximum atomic E-state index is 7.03. The van der Waals surface area contributed by atoms with Crippen molar-refractivity contribution in [1.29, 1.82) is 0 Å². The normalized spacial score (nSPS) is 24.4. The topological polar surface area (TPSA) is 35.5 Å². The zero-order valence-electron chi connectivity index (χ0n) is 15.1. The molecule has 0 saturated carbocycles. The molecule has 27 heavy (non-hydrogen) atoms. The van der Waals surface area contributed by atoms with Crippen molar-refractivity contribution < 1.29 is 13.4 Å². The molecule has 1 fully saturated rings. The van der Waals surface area contributed by atoms with Gasteiger partial charge in [-0.05, 0) is 0 Å². The third-order valence-electron chi connectivity index (χ3n) is 5.83. The summed E-state index contributed by atoms with van der Waals surface area (Å²) in [6.07, 6.45) is 3.43. The molecule has 2 aromatic heterocycles. The fourth-order valence-electron chi connectivity index (χ4n) is 4.53. The van der Waals surface area contributed by atoms with Crippen LogP contribution >= 0.6 is 6.83 Å². The molecule has 1 aliphatic rings. The summed E-state index contributed by atoms with van der Waals surface area (Å²) < 4.78 is 19.1. The Morgan fingerprint density at radius 1 is 0.667 bits per heavy atom. The van der Waals surface area contributed by atoms with Crippen LogP contribution in [0.2, 0.25) is 0 Å². The summed E-state index contributed by atoms with van der Waals surface area (Å²) in [7, 11) is 0. The van der Waals surface area contributed by atoms with Gasteiger partial charge in [-0.2, -0.15) is 0 Å². The first-order valence-corrected chi connectivity index (χ1v) is 11.4. The molecular formula is C23H21O3P. The molecule has 0 amide bonds. The molecule has 0 radical (unpaired) electrons. The summed E-state index contributed by atoms with van der Waals surface area (Å²) in [4.78, 5) is 0. The fourth-order valence-corrected chi connectivity index (χ4v) is 10.5. The second kappa shape index (κ2) is 5.95. The molecule has 4 heteroatoms. The first-order valence-electron chi connectivity index (χ1n) is 9.16. The Balaban J connectivity index is 1.80. The van der Waals surface area contributed by atoms with Crippen LogP contribution in [-0.4, -0.2) is 5.66 Å². The number of benzene rings is 2. The van der Waals surface area contributed by atoms with E-state index < -0.39 is 6.83 Å². The van der Waals surface area contributed by atoms with Gasteiger partial charge in [-0.1, -0.05) is 0 Å². The molecule has 1 unspecified atom stereocenters. The van der Waals surface area contributed by atoms with E-state index in [4.69, 9.17) is 13.4 Å². The summed E-state index contributed by atoms with van der Waals surface area (Å²) in [5.74, 6) is 0. The van der Waals surface area contributed by atoms with E-state index in [1.165, 1.54) is 5.56 Å². The SMILES string of the molecule is C[C@@H]1C(c2ccccc2)OP1(c1ccccc1)(c1ccco1)c1ccco1. The van der Waals surface area contributed by atoms with Crippen LogP contribution < -0.4 is 16.3 Å². The molecule has 3 nitrogen and oxygen atoms in total. The Kier molecular flexibility index (Phi) is 3.65. The first kappa shape index (κ1) is 16.6. The molecule has 1 aliphatic heterocycles. The molecule has 1 saturated heterocycles. The van der Waals surface area contributed by atoms with Crippen molar-refractivity contribution in [2.75, 3.05) is 0 Å². The number of hydrogen-bond acceptors (Lipinski definition) is 3. The van der Waals surface area contributed by atoms with Crippen molar-refractivity contribution in [2.24, 2.45) is 0 Å². The van der Waals surface area contributed by atoms with E-state index in [0.29, 0.717) is 0 Å². The van der Waals surface area contributed by atoms with Crippen LogP contribution in [0.5, 0.6) is 0 Å². The molecule has 136 valence electrons. The monoisotopic (exact) mass is 376 g/mol. The summed E-state index contributed by atoms with van der Waals surface area (Å²) in [6.45, 7) is -1.05. The molecule has 0 N–H and O–H groups in total. The van der Waals surface area contributed by atoms with Gasteiger partial charge in [-0.25, -0.2) is 0 Å². The fraction of sp³-hybridized carbons (Fsp3) is 0.130. The minimum absolute atomic E-state index is 0.0146. The molecule has 0 aliphatic carbocycles. The molecule has 0 spiro atoms. The summed E-state index contributed by atoms with van der Waals surface area (Å²) >= 11 is 0. The Morgan fingerprint density at radius 2 is 1.22 bits per heavy atom. The van der Waals surface area contributed by atoms with Crippen LogP contribution in [0.25, 0.3) is 0 Å². The Hall–Kier alpha value is -2.61. The average molecular weight is 376 g/mol. The van der Waals surface area contributed by atoms with Gasteiger partial charge < -0.3 is 0 Å². The van der Waals surface area contributed by atoms with E-state index in [0.717, 1.165) is 16.3 Å². The van der Waals surface area contributed by atoms with Gasteiger partial charge in [0.05, 0.1) is 0 Å². The molecule has 0 bridgehead atoms. The third-order valence-corrected chi connectivity index (χ3v) is 11.9. The van der Waals surface area contributed by atoms with Gasteiger partial charge >= 0.3 is 158 Å². The van der Waals surface area contributed by atoms with Crippen molar-refractivity contribution in [1.82, 2.24) is 0 Å². The van der Waals surface area contributed by atoms with Gasteiger partial charge in [0.25, 0.3) is 0 Å². The first-order chi connectivity index (χ1) is 13.3. The molecule has 5 rings (SSSR count). The second-order valence-corrected chi connectivity index (χ2v) is 11.6. The minimum atomic E-state index is -3.31. The van der Waals surface area contributed by atoms with E-state index in [1.54, 1.807) is 12.5 Å². The van der Waals surface area contributed by atoms with Gasteiger partial charge in [-0.15, -0.1) is 0 Å². The zero-order valence-corrected chi connectivity index (χ0v) is 16.0. The van der Waals surface area contributed by atoms with E-state index >= 15 is 0 Å². The van der Waals surface area contributed by atoms with E-state index in [-0.39, 0.29) is 11.8 Å². The summed E-state index contributed by atoms with van der Waals surface area (Å²) in [5.41, 5.74) is 3.08. The predicted octanol–water partition coefficient (Wildman–Crippen LogP) is 4.78. The number of hydrogen-bond donors (Lipinski definition) is 0. The van der Waals surface area contributed by atoms with Crippen molar-refractivity contribution in [3.05, 3.63) is 103 Å². The van der Waals surface area contributed by atoms with E-state index in [9.17, 15) is 0 Å². The Labute approximate surface area is 158 Å². The summed E-state index contributed by atoms with van der Waals surface area (Å²) in [5, 5.41) is 1.13. The number of furan rings is 2. The Morgan fingerprint density at radius 3 is 1.70 bits per heavy atom. The molecule has 2 atom stereocenters. The van der Waals surface area contributed by atoms with Crippen molar-refractivity contribution in [3.8, 4) is 0 Å². The van der Waals surface area contributed by atoms with Crippen molar-refractivity contribution >= 4 is 23.1 Å². The Bertz CT molecular complexity index is 990. The molecule has 4 aromatic rings. The zero-order chi connectivity index (χ0) is 18.3. The van der Waals surface area contributed by atoms with Gasteiger partial charge in [-0.3, -0.25) is 0 Å². The van der Waals surface area contributed by atoms with Gasteiger partial charge in [0.15, 0.2) is 0 Å². The molecule has 2 aromatic carbocycles. The molecule has 3 heterocycles. The van der Waals surface area contributed by atoms with Crippen LogP contribution in [0, 0.1) is 0 Å². The summed E-state index contributed by atoms with van der Waals surface area (Å²) in [6, 6.07) is 28.7. The van der Waals surface area contributed by atoms with Crippen molar-refractivity contribution in [2.45, 2.75) is 18.7 Å². The van der Waals surface area contributed by atoms with Crippen LogP contribution in [0.4, 0.5) is 0 Å². The molecular weight excluding hydrogens is 355 g/mol. The van der Waals surface area contributed by atoms with Crippen LogP contribution in [0.15, 0.2) is 106 Å². The third kappa shape index (κ3) is 1.99. The second-order valence-electron chi connectivity index (χ2n) is 7.02. The van der Waals surface area contributed by atoms with Crippen LogP contribution in [0.1, 0.15) is 18.6 Å². The quantitative estimate of drug-likeness (QED) is 0.481.